The van der Waals surface area contributed by atoms with Gasteiger partial charge in [-0.1, -0.05) is 31.5 Å². The van der Waals surface area contributed by atoms with Crippen molar-refractivity contribution in [2.75, 3.05) is 11.9 Å². The van der Waals surface area contributed by atoms with Crippen LogP contribution in [0.3, 0.4) is 0 Å². The fourth-order valence-corrected chi connectivity index (χ4v) is 1.17. The minimum Gasteiger partial charge on any atom is -0.348 e. The lowest BCUT2D eigenvalue weighted by molar-refractivity contribution is -0.136. The first-order valence-electron chi connectivity index (χ1n) is 5.38. The molecule has 0 fully saturated rings. The zero-order valence-corrected chi connectivity index (χ0v) is 9.32. The Balaban J connectivity index is 2.38. The molecule has 0 aliphatic heterocycles. The van der Waals surface area contributed by atoms with Crippen LogP contribution < -0.4 is 10.6 Å². The molecule has 0 aliphatic rings. The number of carbonyl (C=O) groups is 2. The zero-order valence-electron chi connectivity index (χ0n) is 9.32. The van der Waals surface area contributed by atoms with E-state index >= 15 is 0 Å². The Labute approximate surface area is 95.0 Å². The van der Waals surface area contributed by atoms with Crippen molar-refractivity contribution in [3.8, 4) is 0 Å². The second-order valence-corrected chi connectivity index (χ2v) is 3.43. The molecule has 4 nitrogen and oxygen atoms in total. The third-order valence-electron chi connectivity index (χ3n) is 2.05. The second kappa shape index (κ2) is 6.61. The summed E-state index contributed by atoms with van der Waals surface area (Å²) in [5, 5.41) is 5.07. The van der Waals surface area contributed by atoms with E-state index in [2.05, 4.69) is 10.6 Å². The van der Waals surface area contributed by atoms with Gasteiger partial charge in [-0.2, -0.15) is 0 Å². The van der Waals surface area contributed by atoms with Crippen molar-refractivity contribution in [1.29, 1.82) is 0 Å². The standard InChI is InChI=1S/C12H16N2O2/c1-2-3-9-13-11(15)12(16)14-10-7-5-4-6-8-10/h4-8H,2-3,9H2,1H3,(H,13,15)(H,14,16). The van der Waals surface area contributed by atoms with Gasteiger partial charge in [-0.05, 0) is 18.6 Å². The summed E-state index contributed by atoms with van der Waals surface area (Å²) >= 11 is 0. The highest BCUT2D eigenvalue weighted by Crippen LogP contribution is 2.04. The average molecular weight is 220 g/mol. The lowest BCUT2D eigenvalue weighted by Gasteiger charge is -2.05. The Morgan fingerprint density at radius 2 is 1.81 bits per heavy atom. The van der Waals surface area contributed by atoms with Gasteiger partial charge >= 0.3 is 11.8 Å². The van der Waals surface area contributed by atoms with E-state index in [0.29, 0.717) is 12.2 Å². The molecule has 1 aromatic rings. The summed E-state index contributed by atoms with van der Waals surface area (Å²) in [6.07, 6.45) is 1.87. The van der Waals surface area contributed by atoms with Gasteiger partial charge in [-0.3, -0.25) is 9.59 Å². The molecule has 0 radical (unpaired) electrons. The molecule has 1 aromatic carbocycles. The van der Waals surface area contributed by atoms with Crippen LogP contribution in [0, 0.1) is 0 Å². The molecule has 2 N–H and O–H groups in total. The molecule has 2 amide bonds. The maximum atomic E-state index is 11.4. The van der Waals surface area contributed by atoms with Crippen LogP contribution >= 0.6 is 0 Å². The first-order chi connectivity index (χ1) is 7.74. The molecular weight excluding hydrogens is 204 g/mol. The Morgan fingerprint density at radius 1 is 1.12 bits per heavy atom. The second-order valence-electron chi connectivity index (χ2n) is 3.43. The molecule has 86 valence electrons. The van der Waals surface area contributed by atoms with Crippen molar-refractivity contribution in [3.63, 3.8) is 0 Å². The number of hydrogen-bond acceptors (Lipinski definition) is 2. The predicted octanol–water partition coefficient (Wildman–Crippen LogP) is 1.54. The molecule has 0 bridgehead atoms. The smallest absolute Gasteiger partial charge is 0.313 e. The number of rotatable bonds is 4. The van der Waals surface area contributed by atoms with Crippen LogP contribution in [0.1, 0.15) is 19.8 Å². The molecule has 0 aliphatic carbocycles. The number of amides is 2. The number of anilines is 1. The maximum Gasteiger partial charge on any atom is 0.313 e. The molecule has 0 heterocycles. The minimum absolute atomic E-state index is 0.539. The summed E-state index contributed by atoms with van der Waals surface area (Å²) in [7, 11) is 0. The van der Waals surface area contributed by atoms with E-state index in [1.807, 2.05) is 13.0 Å². The zero-order chi connectivity index (χ0) is 11.8. The first kappa shape index (κ1) is 12.2. The number of unbranched alkanes of at least 4 members (excludes halogenated alkanes) is 1. The largest absolute Gasteiger partial charge is 0.348 e. The summed E-state index contributed by atoms with van der Waals surface area (Å²) in [5.74, 6) is -1.21. The Hall–Kier alpha value is -1.84. The third kappa shape index (κ3) is 4.13. The van der Waals surface area contributed by atoms with Crippen LogP contribution in [0.4, 0.5) is 5.69 Å². The molecular formula is C12H16N2O2. The van der Waals surface area contributed by atoms with Gasteiger partial charge in [-0.15, -0.1) is 0 Å². The van der Waals surface area contributed by atoms with Crippen molar-refractivity contribution < 1.29 is 9.59 Å². The van der Waals surface area contributed by atoms with Crippen molar-refractivity contribution >= 4 is 17.5 Å². The number of carbonyl (C=O) groups excluding carboxylic acids is 2. The minimum atomic E-state index is -0.623. The van der Waals surface area contributed by atoms with Crippen LogP contribution in [-0.4, -0.2) is 18.4 Å². The monoisotopic (exact) mass is 220 g/mol. The molecule has 4 heteroatoms. The molecule has 0 atom stereocenters. The van der Waals surface area contributed by atoms with Crippen LogP contribution in [0.25, 0.3) is 0 Å². The van der Waals surface area contributed by atoms with E-state index in [9.17, 15) is 9.59 Å². The van der Waals surface area contributed by atoms with Crippen LogP contribution in [0.5, 0.6) is 0 Å². The van der Waals surface area contributed by atoms with Gasteiger partial charge in [-0.25, -0.2) is 0 Å². The molecule has 1 rings (SSSR count). The fourth-order valence-electron chi connectivity index (χ4n) is 1.17. The van der Waals surface area contributed by atoms with Crippen molar-refractivity contribution in [3.05, 3.63) is 30.3 Å². The molecule has 16 heavy (non-hydrogen) atoms. The first-order valence-corrected chi connectivity index (χ1v) is 5.38. The van der Waals surface area contributed by atoms with Gasteiger partial charge in [0.2, 0.25) is 0 Å². The highest BCUT2D eigenvalue weighted by Gasteiger charge is 2.12. The Kier molecular flexibility index (Phi) is 5.05. The van der Waals surface area contributed by atoms with Gasteiger partial charge in [0.05, 0.1) is 0 Å². The summed E-state index contributed by atoms with van der Waals surface area (Å²) < 4.78 is 0. The van der Waals surface area contributed by atoms with Crippen molar-refractivity contribution in [1.82, 2.24) is 5.32 Å². The molecule has 0 saturated carbocycles. The van der Waals surface area contributed by atoms with Gasteiger partial charge in [0.25, 0.3) is 0 Å². The molecule has 0 saturated heterocycles. The van der Waals surface area contributed by atoms with Gasteiger partial charge in [0.1, 0.15) is 0 Å². The van der Waals surface area contributed by atoms with Crippen LogP contribution in [-0.2, 0) is 9.59 Å². The van der Waals surface area contributed by atoms with Gasteiger partial charge < -0.3 is 10.6 Å². The van der Waals surface area contributed by atoms with Crippen molar-refractivity contribution in [2.24, 2.45) is 0 Å². The highest BCUT2D eigenvalue weighted by atomic mass is 16.2. The maximum absolute atomic E-state index is 11.4. The summed E-state index contributed by atoms with van der Waals surface area (Å²) in [4.78, 5) is 22.7. The van der Waals surface area contributed by atoms with Crippen molar-refractivity contribution in [2.45, 2.75) is 19.8 Å². The van der Waals surface area contributed by atoms with Gasteiger partial charge in [0, 0.05) is 12.2 Å². The van der Waals surface area contributed by atoms with Gasteiger partial charge in [0.15, 0.2) is 0 Å². The quantitative estimate of drug-likeness (QED) is 0.597. The Morgan fingerprint density at radius 3 is 2.44 bits per heavy atom. The number of hydrogen-bond donors (Lipinski definition) is 2. The van der Waals surface area contributed by atoms with E-state index in [-0.39, 0.29) is 0 Å². The summed E-state index contributed by atoms with van der Waals surface area (Å²) in [6, 6.07) is 8.90. The third-order valence-corrected chi connectivity index (χ3v) is 2.05. The lowest BCUT2D eigenvalue weighted by atomic mass is 10.3. The van der Waals surface area contributed by atoms with E-state index in [1.165, 1.54) is 0 Å². The normalized spacial score (nSPS) is 9.56. The fraction of sp³-hybridized carbons (Fsp3) is 0.333. The lowest BCUT2D eigenvalue weighted by Crippen LogP contribution is -2.35. The topological polar surface area (TPSA) is 58.2 Å². The average Bonchev–Trinajstić information content (AvgIpc) is 2.30. The van der Waals surface area contributed by atoms with Crippen LogP contribution in [0.2, 0.25) is 0 Å². The molecule has 0 unspecified atom stereocenters. The van der Waals surface area contributed by atoms with E-state index in [1.54, 1.807) is 24.3 Å². The SMILES string of the molecule is CCCCNC(=O)C(=O)Nc1ccccc1. The number of nitrogens with one attached hydrogen (secondary N) is 2. The van der Waals surface area contributed by atoms with E-state index in [4.69, 9.17) is 0 Å². The number of benzene rings is 1. The predicted molar refractivity (Wildman–Crippen MR) is 63.0 cm³/mol. The van der Waals surface area contributed by atoms with E-state index < -0.39 is 11.8 Å². The molecule has 0 spiro atoms. The summed E-state index contributed by atoms with van der Waals surface area (Å²) in [6.45, 7) is 2.56. The number of para-hydroxylation sites is 1. The molecule has 0 aromatic heterocycles. The Bertz CT molecular complexity index is 349. The summed E-state index contributed by atoms with van der Waals surface area (Å²) in [5.41, 5.74) is 0.623. The highest BCUT2D eigenvalue weighted by molar-refractivity contribution is 6.39. The van der Waals surface area contributed by atoms with Crippen LogP contribution in [0.15, 0.2) is 30.3 Å². The van der Waals surface area contributed by atoms with E-state index in [0.717, 1.165) is 12.8 Å².